The van der Waals surface area contributed by atoms with E-state index in [-0.39, 0.29) is 11.7 Å². The maximum Gasteiger partial charge on any atom is 0.222 e. The Kier molecular flexibility index (Phi) is 5.59. The third kappa shape index (κ3) is 4.44. The number of carbonyl (C=O) groups excluding carboxylic acids is 1. The van der Waals surface area contributed by atoms with Crippen LogP contribution in [0.25, 0.3) is 0 Å². The molecule has 0 spiro atoms. The van der Waals surface area contributed by atoms with Gasteiger partial charge < -0.3 is 10.0 Å². The summed E-state index contributed by atoms with van der Waals surface area (Å²) in [4.78, 5) is 13.2. The van der Waals surface area contributed by atoms with E-state index >= 15 is 0 Å². The van der Waals surface area contributed by atoms with Crippen molar-refractivity contribution in [3.63, 3.8) is 0 Å². The molecule has 1 rings (SSSR count). The van der Waals surface area contributed by atoms with E-state index in [9.17, 15) is 9.90 Å². The van der Waals surface area contributed by atoms with Crippen LogP contribution in [0, 0.1) is 0 Å². The van der Waals surface area contributed by atoms with Gasteiger partial charge in [-0.25, -0.2) is 0 Å². The zero-order chi connectivity index (χ0) is 12.8. The lowest BCUT2D eigenvalue weighted by Gasteiger charge is -2.17. The van der Waals surface area contributed by atoms with Crippen molar-refractivity contribution in [1.29, 1.82) is 0 Å². The molecule has 0 aliphatic rings. The summed E-state index contributed by atoms with van der Waals surface area (Å²) in [5.41, 5.74) is 0.638. The van der Waals surface area contributed by atoms with Crippen molar-refractivity contribution in [3.05, 3.63) is 28.8 Å². The summed E-state index contributed by atoms with van der Waals surface area (Å²) < 4.78 is 0. The van der Waals surface area contributed by atoms with Gasteiger partial charge in [-0.3, -0.25) is 4.79 Å². The lowest BCUT2D eigenvalue weighted by atomic mass is 10.2. The number of halogens is 2. The van der Waals surface area contributed by atoms with E-state index in [0.29, 0.717) is 35.9 Å². The van der Waals surface area contributed by atoms with E-state index in [1.165, 1.54) is 6.07 Å². The molecule has 1 aromatic carbocycles. The highest BCUT2D eigenvalue weighted by Crippen LogP contribution is 2.22. The van der Waals surface area contributed by atoms with Crippen molar-refractivity contribution >= 4 is 29.1 Å². The van der Waals surface area contributed by atoms with E-state index in [2.05, 4.69) is 0 Å². The van der Waals surface area contributed by atoms with Gasteiger partial charge in [-0.1, -0.05) is 11.6 Å². The lowest BCUT2D eigenvalue weighted by Crippen LogP contribution is -2.26. The maximum absolute atomic E-state index is 11.7. The van der Waals surface area contributed by atoms with Gasteiger partial charge in [0.05, 0.1) is 0 Å². The van der Waals surface area contributed by atoms with E-state index < -0.39 is 0 Å². The number of hydrogen-bond donors (Lipinski definition) is 1. The molecule has 0 saturated carbocycles. The Labute approximate surface area is 111 Å². The van der Waals surface area contributed by atoms with Crippen molar-refractivity contribution in [3.8, 4) is 5.75 Å². The van der Waals surface area contributed by atoms with Gasteiger partial charge >= 0.3 is 0 Å². The van der Waals surface area contributed by atoms with Crippen molar-refractivity contribution < 1.29 is 9.90 Å². The molecule has 1 amide bonds. The molecule has 0 saturated heterocycles. The van der Waals surface area contributed by atoms with Crippen LogP contribution >= 0.6 is 23.2 Å². The first-order valence-electron chi connectivity index (χ1n) is 5.32. The molecule has 94 valence electrons. The monoisotopic (exact) mass is 275 g/mol. The SMILES string of the molecule is CN(Cc1cc(Cl)ccc1O)C(=O)CCCCl. The topological polar surface area (TPSA) is 40.5 Å². The molecule has 17 heavy (non-hydrogen) atoms. The summed E-state index contributed by atoms with van der Waals surface area (Å²) >= 11 is 11.4. The van der Waals surface area contributed by atoms with Gasteiger partial charge in [0.25, 0.3) is 0 Å². The number of hydrogen-bond acceptors (Lipinski definition) is 2. The molecule has 3 nitrogen and oxygen atoms in total. The summed E-state index contributed by atoms with van der Waals surface area (Å²) in [6.07, 6.45) is 1.08. The molecule has 0 heterocycles. The number of phenolic OH excluding ortho intramolecular Hbond substituents is 1. The van der Waals surface area contributed by atoms with Gasteiger partial charge in [0.2, 0.25) is 5.91 Å². The third-order valence-corrected chi connectivity index (χ3v) is 2.90. The zero-order valence-corrected chi connectivity index (χ0v) is 11.1. The van der Waals surface area contributed by atoms with E-state index in [1.54, 1.807) is 24.1 Å². The van der Waals surface area contributed by atoms with Crippen molar-refractivity contribution in [1.82, 2.24) is 4.90 Å². The first-order chi connectivity index (χ1) is 8.04. The predicted molar refractivity (Wildman–Crippen MR) is 69.5 cm³/mol. The van der Waals surface area contributed by atoms with Gasteiger partial charge in [0.15, 0.2) is 0 Å². The van der Waals surface area contributed by atoms with Crippen LogP contribution in [-0.4, -0.2) is 28.8 Å². The average molecular weight is 276 g/mol. The van der Waals surface area contributed by atoms with Gasteiger partial charge in [-0.05, 0) is 24.6 Å². The fraction of sp³-hybridized carbons (Fsp3) is 0.417. The molecule has 0 fully saturated rings. The van der Waals surface area contributed by atoms with Crippen molar-refractivity contribution in [2.75, 3.05) is 12.9 Å². The van der Waals surface area contributed by atoms with Crippen LogP contribution in [-0.2, 0) is 11.3 Å². The second-order valence-electron chi connectivity index (χ2n) is 3.82. The summed E-state index contributed by atoms with van der Waals surface area (Å²) in [7, 11) is 1.69. The highest BCUT2D eigenvalue weighted by Gasteiger charge is 2.11. The molecule has 1 aromatic rings. The molecule has 0 radical (unpaired) electrons. The number of benzene rings is 1. The predicted octanol–water partition coefficient (Wildman–Crippen LogP) is 3.02. The molecule has 0 atom stereocenters. The fourth-order valence-electron chi connectivity index (χ4n) is 1.43. The summed E-state index contributed by atoms with van der Waals surface area (Å²) in [5.74, 6) is 0.624. The van der Waals surface area contributed by atoms with Crippen LogP contribution in [0.4, 0.5) is 0 Å². The second kappa shape index (κ2) is 6.72. The Morgan fingerprint density at radius 2 is 2.18 bits per heavy atom. The Bertz CT molecular complexity index is 396. The summed E-state index contributed by atoms with van der Waals surface area (Å²) in [6, 6.07) is 4.78. The Hall–Kier alpha value is -0.930. The number of alkyl halides is 1. The molecule has 0 aliphatic carbocycles. The number of phenols is 1. The molecule has 0 unspecified atom stereocenters. The Morgan fingerprint density at radius 1 is 1.47 bits per heavy atom. The van der Waals surface area contributed by atoms with Gasteiger partial charge in [-0.15, -0.1) is 11.6 Å². The van der Waals surface area contributed by atoms with Crippen LogP contribution in [0.5, 0.6) is 5.75 Å². The van der Waals surface area contributed by atoms with E-state index in [0.717, 1.165) is 0 Å². The molecular formula is C12H15Cl2NO2. The normalized spacial score (nSPS) is 10.3. The lowest BCUT2D eigenvalue weighted by molar-refractivity contribution is -0.130. The minimum atomic E-state index is 0.00465. The molecule has 0 bridgehead atoms. The first kappa shape index (κ1) is 14.1. The zero-order valence-electron chi connectivity index (χ0n) is 9.62. The van der Waals surface area contributed by atoms with Crippen molar-refractivity contribution in [2.45, 2.75) is 19.4 Å². The first-order valence-corrected chi connectivity index (χ1v) is 6.23. The number of aromatic hydroxyl groups is 1. The standard InChI is InChI=1S/C12H15Cl2NO2/c1-15(12(17)3-2-6-13)8-9-7-10(14)4-5-11(9)16/h4-5,7,16H,2-3,6,8H2,1H3. The van der Waals surface area contributed by atoms with Crippen LogP contribution < -0.4 is 0 Å². The minimum absolute atomic E-state index is 0.00465. The van der Waals surface area contributed by atoms with Gasteiger partial charge in [0, 0.05) is 36.5 Å². The van der Waals surface area contributed by atoms with Gasteiger partial charge in [0.1, 0.15) is 5.75 Å². The smallest absolute Gasteiger partial charge is 0.222 e. The quantitative estimate of drug-likeness (QED) is 0.840. The van der Waals surface area contributed by atoms with Crippen LogP contribution in [0.15, 0.2) is 18.2 Å². The Balaban J connectivity index is 2.64. The number of rotatable bonds is 5. The highest BCUT2D eigenvalue weighted by molar-refractivity contribution is 6.30. The molecular weight excluding hydrogens is 261 g/mol. The molecule has 5 heteroatoms. The molecule has 1 N–H and O–H groups in total. The molecule has 0 aliphatic heterocycles. The van der Waals surface area contributed by atoms with Gasteiger partial charge in [-0.2, -0.15) is 0 Å². The summed E-state index contributed by atoms with van der Waals surface area (Å²) in [5, 5.41) is 10.2. The van der Waals surface area contributed by atoms with Crippen molar-refractivity contribution in [2.24, 2.45) is 0 Å². The van der Waals surface area contributed by atoms with Crippen LogP contribution in [0.3, 0.4) is 0 Å². The number of nitrogens with zero attached hydrogens (tertiary/aromatic N) is 1. The Morgan fingerprint density at radius 3 is 2.82 bits per heavy atom. The second-order valence-corrected chi connectivity index (χ2v) is 4.63. The van der Waals surface area contributed by atoms with Crippen LogP contribution in [0.2, 0.25) is 5.02 Å². The maximum atomic E-state index is 11.7. The number of carbonyl (C=O) groups is 1. The van der Waals surface area contributed by atoms with E-state index in [1.807, 2.05) is 0 Å². The summed E-state index contributed by atoms with van der Waals surface area (Å²) in [6.45, 7) is 0.341. The fourth-order valence-corrected chi connectivity index (χ4v) is 1.76. The largest absolute Gasteiger partial charge is 0.508 e. The van der Waals surface area contributed by atoms with E-state index in [4.69, 9.17) is 23.2 Å². The van der Waals surface area contributed by atoms with Crippen LogP contribution in [0.1, 0.15) is 18.4 Å². The average Bonchev–Trinajstić information content (AvgIpc) is 2.30. The molecule has 0 aromatic heterocycles. The number of amides is 1. The minimum Gasteiger partial charge on any atom is -0.508 e. The third-order valence-electron chi connectivity index (χ3n) is 2.40. The highest BCUT2D eigenvalue weighted by atomic mass is 35.5.